The van der Waals surface area contributed by atoms with Crippen molar-refractivity contribution in [3.8, 4) is 0 Å². The molecule has 1 aromatic carbocycles. The molecule has 0 aliphatic heterocycles. The fourth-order valence-electron chi connectivity index (χ4n) is 1.07. The largest absolute Gasteiger partial charge is 0.476 e. The van der Waals surface area contributed by atoms with Gasteiger partial charge in [0.05, 0.1) is 6.26 Å². The van der Waals surface area contributed by atoms with Gasteiger partial charge in [-0.3, -0.25) is 4.28 Å². The molecule has 0 atom stereocenters. The first-order valence-electron chi connectivity index (χ1n) is 4.68. The van der Waals surface area contributed by atoms with Gasteiger partial charge in [-0.05, 0) is 18.4 Å². The van der Waals surface area contributed by atoms with Gasteiger partial charge in [0.25, 0.3) is 0 Å². The van der Waals surface area contributed by atoms with Crippen LogP contribution in [0.3, 0.4) is 0 Å². The van der Waals surface area contributed by atoms with Crippen LogP contribution in [-0.4, -0.2) is 37.7 Å². The summed E-state index contributed by atoms with van der Waals surface area (Å²) in [5.74, 6) is -1.37. The van der Waals surface area contributed by atoms with Crippen molar-refractivity contribution in [3.63, 3.8) is 0 Å². The molecule has 0 saturated carbocycles. The number of carbonyl (C=O) groups is 1. The number of benzene rings is 1. The predicted octanol–water partition coefficient (Wildman–Crippen LogP) is 1.17. The molecule has 6 nitrogen and oxygen atoms in total. The van der Waals surface area contributed by atoms with Gasteiger partial charge in [0.2, 0.25) is 0 Å². The number of thioether (sulfide) groups is 1. The lowest BCUT2D eigenvalue weighted by molar-refractivity contribution is -0.129. The molecule has 0 spiro atoms. The highest BCUT2D eigenvalue weighted by Crippen LogP contribution is 2.15. The summed E-state index contributed by atoms with van der Waals surface area (Å²) in [6.45, 7) is 0. The molecule has 1 N–H and O–H groups in total. The third-order valence-electron chi connectivity index (χ3n) is 1.83. The lowest BCUT2D eigenvalue weighted by Crippen LogP contribution is -2.16. The van der Waals surface area contributed by atoms with E-state index < -0.39 is 21.8 Å². The fourth-order valence-corrected chi connectivity index (χ4v) is 1.69. The van der Waals surface area contributed by atoms with E-state index in [-0.39, 0.29) is 5.56 Å². The topological polar surface area (TPSA) is 93.0 Å². The van der Waals surface area contributed by atoms with Crippen LogP contribution in [0.25, 0.3) is 0 Å². The normalized spacial score (nSPS) is 12.2. The molecular formula is C10H11NO5S2. The minimum Gasteiger partial charge on any atom is -0.476 e. The SMILES string of the molecule is CSc1ccc(C(=NOS(C)(=O)=O)C(=O)O)cc1. The quantitative estimate of drug-likeness (QED) is 0.497. The highest BCUT2D eigenvalue weighted by molar-refractivity contribution is 7.98. The molecule has 0 saturated heterocycles. The van der Waals surface area contributed by atoms with Crippen molar-refractivity contribution in [2.45, 2.75) is 4.90 Å². The highest BCUT2D eigenvalue weighted by Gasteiger charge is 2.15. The number of oxime groups is 1. The van der Waals surface area contributed by atoms with Crippen LogP contribution in [-0.2, 0) is 19.2 Å². The van der Waals surface area contributed by atoms with Crippen molar-refractivity contribution in [3.05, 3.63) is 29.8 Å². The van der Waals surface area contributed by atoms with Crippen LogP contribution >= 0.6 is 11.8 Å². The maximum atomic E-state index is 11.0. The fraction of sp³-hybridized carbons (Fsp3) is 0.200. The van der Waals surface area contributed by atoms with Crippen molar-refractivity contribution in [1.29, 1.82) is 0 Å². The van der Waals surface area contributed by atoms with E-state index in [9.17, 15) is 13.2 Å². The average Bonchev–Trinajstić information content (AvgIpc) is 2.28. The molecule has 0 fully saturated rings. The Hall–Kier alpha value is -1.54. The highest BCUT2D eigenvalue weighted by atomic mass is 32.2. The monoisotopic (exact) mass is 289 g/mol. The van der Waals surface area contributed by atoms with E-state index in [1.54, 1.807) is 12.1 Å². The number of nitrogens with zero attached hydrogens (tertiary/aromatic N) is 1. The summed E-state index contributed by atoms with van der Waals surface area (Å²) in [4.78, 5) is 11.9. The molecule has 1 aromatic rings. The van der Waals surface area contributed by atoms with Gasteiger partial charge in [-0.2, -0.15) is 8.42 Å². The Morgan fingerprint density at radius 2 is 1.89 bits per heavy atom. The standard InChI is InChI=1S/C10H11NO5S2/c1-17-8-5-3-7(4-6-8)9(10(12)13)11-16-18(2,14)15/h3-6H,1-2H3,(H,12,13). The van der Waals surface area contributed by atoms with Crippen molar-refractivity contribution >= 4 is 33.6 Å². The van der Waals surface area contributed by atoms with Crippen molar-refractivity contribution < 1.29 is 22.6 Å². The summed E-state index contributed by atoms with van der Waals surface area (Å²) >= 11 is 1.50. The van der Waals surface area contributed by atoms with E-state index in [0.717, 1.165) is 11.2 Å². The second kappa shape index (κ2) is 5.87. The summed E-state index contributed by atoms with van der Waals surface area (Å²) < 4.78 is 25.7. The van der Waals surface area contributed by atoms with Gasteiger partial charge >= 0.3 is 16.1 Å². The zero-order chi connectivity index (χ0) is 13.8. The van der Waals surface area contributed by atoms with Crippen LogP contribution in [0.15, 0.2) is 34.3 Å². The molecule has 0 unspecified atom stereocenters. The number of hydrogen-bond donors (Lipinski definition) is 1. The zero-order valence-electron chi connectivity index (χ0n) is 9.65. The molecule has 0 radical (unpaired) electrons. The molecule has 0 aromatic heterocycles. The number of aliphatic carboxylic acids is 1. The Morgan fingerprint density at radius 3 is 2.28 bits per heavy atom. The van der Waals surface area contributed by atoms with Crippen LogP contribution in [0, 0.1) is 0 Å². The minimum absolute atomic E-state index is 0.268. The van der Waals surface area contributed by atoms with Crippen LogP contribution in [0.2, 0.25) is 0 Å². The molecule has 1 rings (SSSR count). The van der Waals surface area contributed by atoms with E-state index in [1.165, 1.54) is 23.9 Å². The molecule has 18 heavy (non-hydrogen) atoms. The van der Waals surface area contributed by atoms with Crippen LogP contribution in [0.4, 0.5) is 0 Å². The van der Waals surface area contributed by atoms with Gasteiger partial charge in [0, 0.05) is 10.5 Å². The first-order valence-corrected chi connectivity index (χ1v) is 7.72. The molecule has 98 valence electrons. The molecule has 0 heterocycles. The van der Waals surface area contributed by atoms with E-state index in [0.29, 0.717) is 0 Å². The molecule has 0 amide bonds. The maximum Gasteiger partial charge on any atom is 0.358 e. The lowest BCUT2D eigenvalue weighted by atomic mass is 10.1. The average molecular weight is 289 g/mol. The minimum atomic E-state index is -3.83. The molecular weight excluding hydrogens is 278 g/mol. The summed E-state index contributed by atoms with van der Waals surface area (Å²) in [6.07, 6.45) is 2.67. The Labute approximate surface area is 109 Å². The Morgan fingerprint density at radius 1 is 1.33 bits per heavy atom. The van der Waals surface area contributed by atoms with Gasteiger partial charge < -0.3 is 5.11 Å². The van der Waals surface area contributed by atoms with Gasteiger partial charge in [-0.15, -0.1) is 11.8 Å². The van der Waals surface area contributed by atoms with Gasteiger partial charge in [-0.25, -0.2) is 4.79 Å². The van der Waals surface area contributed by atoms with Crippen LogP contribution in [0.5, 0.6) is 0 Å². The summed E-state index contributed by atoms with van der Waals surface area (Å²) in [7, 11) is -3.83. The second-order valence-corrected chi connectivity index (χ2v) is 5.69. The number of carboxylic acid groups (broad SMARTS) is 1. The van der Waals surface area contributed by atoms with E-state index in [2.05, 4.69) is 9.44 Å². The van der Waals surface area contributed by atoms with E-state index >= 15 is 0 Å². The number of hydrogen-bond acceptors (Lipinski definition) is 6. The molecule has 0 bridgehead atoms. The van der Waals surface area contributed by atoms with Crippen LogP contribution < -0.4 is 0 Å². The molecule has 8 heteroatoms. The zero-order valence-corrected chi connectivity index (χ0v) is 11.3. The van der Waals surface area contributed by atoms with Crippen LogP contribution in [0.1, 0.15) is 5.56 Å². The van der Waals surface area contributed by atoms with E-state index in [4.69, 9.17) is 5.11 Å². The smallest absolute Gasteiger partial charge is 0.358 e. The summed E-state index contributed by atoms with van der Waals surface area (Å²) in [6, 6.07) is 6.48. The Balaban J connectivity index is 3.08. The van der Waals surface area contributed by atoms with Gasteiger partial charge in [-0.1, -0.05) is 17.3 Å². The molecule has 0 aliphatic rings. The number of rotatable bonds is 5. The Kier molecular flexibility index (Phi) is 4.74. The van der Waals surface area contributed by atoms with Crippen molar-refractivity contribution in [2.24, 2.45) is 5.16 Å². The Bertz CT molecular complexity index is 562. The predicted molar refractivity (Wildman–Crippen MR) is 68.3 cm³/mol. The third-order valence-corrected chi connectivity index (χ3v) is 2.92. The van der Waals surface area contributed by atoms with Gasteiger partial charge in [0.1, 0.15) is 0 Å². The summed E-state index contributed by atoms with van der Waals surface area (Å²) in [5, 5.41) is 12.1. The van der Waals surface area contributed by atoms with E-state index in [1.807, 2.05) is 6.26 Å². The maximum absolute atomic E-state index is 11.0. The third kappa shape index (κ3) is 4.38. The first-order chi connectivity index (χ1) is 8.33. The lowest BCUT2D eigenvalue weighted by Gasteiger charge is -2.02. The second-order valence-electron chi connectivity index (χ2n) is 3.25. The first kappa shape index (κ1) is 14.5. The van der Waals surface area contributed by atoms with Crippen molar-refractivity contribution in [2.75, 3.05) is 12.5 Å². The van der Waals surface area contributed by atoms with Crippen molar-refractivity contribution in [1.82, 2.24) is 0 Å². The summed E-state index contributed by atoms with van der Waals surface area (Å²) in [5.41, 5.74) is -0.197. The van der Waals surface area contributed by atoms with Gasteiger partial charge in [0.15, 0.2) is 5.71 Å². The number of carboxylic acids is 1. The molecule has 0 aliphatic carbocycles.